The minimum atomic E-state index is -3.78. The van der Waals surface area contributed by atoms with Gasteiger partial charge in [0.1, 0.15) is 10.6 Å². The highest BCUT2D eigenvalue weighted by Gasteiger charge is 2.30. The largest absolute Gasteiger partial charge is 0.492 e. The molecule has 0 aliphatic carbocycles. The van der Waals surface area contributed by atoms with Crippen LogP contribution in [0, 0.1) is 10.1 Å². The van der Waals surface area contributed by atoms with Gasteiger partial charge < -0.3 is 15.0 Å². The molecule has 32 heavy (non-hydrogen) atoms. The number of nitro groups is 1. The molecule has 0 spiro atoms. The summed E-state index contributed by atoms with van der Waals surface area (Å²) in [6.45, 7) is 2.94. The van der Waals surface area contributed by atoms with Crippen LogP contribution < -0.4 is 10.1 Å². The zero-order chi connectivity index (χ0) is 22.9. The van der Waals surface area contributed by atoms with E-state index in [0.717, 1.165) is 12.8 Å². The molecule has 2 aromatic carbocycles. The van der Waals surface area contributed by atoms with Crippen molar-refractivity contribution in [1.29, 1.82) is 0 Å². The third-order valence-corrected chi connectivity index (χ3v) is 7.22. The first-order chi connectivity index (χ1) is 15.3. The maximum absolute atomic E-state index is 13.1. The molecule has 0 atom stereocenters. The number of fused-ring (bicyclic) bond motifs is 1. The Hall–Kier alpha value is -3.44. The number of amides is 1. The van der Waals surface area contributed by atoms with E-state index in [-0.39, 0.29) is 27.6 Å². The molecule has 4 rings (SSSR count). The lowest BCUT2D eigenvalue weighted by Crippen LogP contribution is -2.28. The lowest BCUT2D eigenvalue weighted by Gasteiger charge is -2.19. The van der Waals surface area contributed by atoms with Gasteiger partial charge >= 0.3 is 0 Å². The maximum atomic E-state index is 13.1. The maximum Gasteiger partial charge on any atom is 0.270 e. The van der Waals surface area contributed by atoms with Gasteiger partial charge in [0.15, 0.2) is 0 Å². The lowest BCUT2D eigenvalue weighted by atomic mass is 10.1. The van der Waals surface area contributed by atoms with E-state index in [0.29, 0.717) is 30.6 Å². The topological polar surface area (TPSA) is 135 Å². The number of rotatable bonds is 7. The average Bonchev–Trinajstić information content (AvgIpc) is 3.45. The second-order valence-electron chi connectivity index (χ2n) is 7.35. The zero-order valence-corrected chi connectivity index (χ0v) is 18.1. The van der Waals surface area contributed by atoms with Gasteiger partial charge in [-0.15, -0.1) is 0 Å². The van der Waals surface area contributed by atoms with Crippen LogP contribution in [-0.2, 0) is 10.0 Å². The van der Waals surface area contributed by atoms with E-state index in [9.17, 15) is 23.3 Å². The Labute approximate surface area is 184 Å². The van der Waals surface area contributed by atoms with Crippen LogP contribution in [0.25, 0.3) is 10.9 Å². The number of nitro benzene ring substituents is 1. The standard InChI is InChI=1S/C21H22N4O6S/c1-2-31-19-8-5-14(11-20(19)32(29,30)24-9-3-4-10-24)23-21(26)17-13-22-18-7-6-15(25(27)28)12-16(17)18/h5-8,11-13,22H,2-4,9-10H2,1H3,(H,23,26). The van der Waals surface area contributed by atoms with Crippen LogP contribution in [0.2, 0.25) is 0 Å². The number of benzene rings is 2. The van der Waals surface area contributed by atoms with Crippen molar-refractivity contribution >= 4 is 38.2 Å². The molecular weight excluding hydrogens is 436 g/mol. The molecule has 11 heteroatoms. The summed E-state index contributed by atoms with van der Waals surface area (Å²) in [5.41, 5.74) is 0.925. The molecule has 2 heterocycles. The summed E-state index contributed by atoms with van der Waals surface area (Å²) >= 11 is 0. The predicted octanol–water partition coefficient (Wildman–Crippen LogP) is 3.51. The number of aromatic nitrogens is 1. The molecule has 1 fully saturated rings. The number of nitrogens with zero attached hydrogens (tertiary/aromatic N) is 2. The van der Waals surface area contributed by atoms with Crippen LogP contribution in [0.1, 0.15) is 30.1 Å². The smallest absolute Gasteiger partial charge is 0.270 e. The first-order valence-corrected chi connectivity index (χ1v) is 11.6. The third kappa shape index (κ3) is 4.04. The van der Waals surface area contributed by atoms with Crippen molar-refractivity contribution in [3.8, 4) is 5.75 Å². The minimum absolute atomic E-state index is 0.00591. The second-order valence-corrected chi connectivity index (χ2v) is 9.26. The highest BCUT2D eigenvalue weighted by Crippen LogP contribution is 2.32. The Bertz CT molecular complexity index is 1290. The van der Waals surface area contributed by atoms with Gasteiger partial charge in [0.25, 0.3) is 11.6 Å². The highest BCUT2D eigenvalue weighted by molar-refractivity contribution is 7.89. The fraction of sp³-hybridized carbons (Fsp3) is 0.286. The number of hydrogen-bond donors (Lipinski definition) is 2. The van der Waals surface area contributed by atoms with Crippen molar-refractivity contribution in [1.82, 2.24) is 9.29 Å². The van der Waals surface area contributed by atoms with Gasteiger partial charge in [0, 0.05) is 48.0 Å². The Kier molecular flexibility index (Phi) is 5.85. The Morgan fingerprint density at radius 1 is 1.22 bits per heavy atom. The van der Waals surface area contributed by atoms with Crippen LogP contribution in [0.15, 0.2) is 47.5 Å². The van der Waals surface area contributed by atoms with Gasteiger partial charge in [-0.2, -0.15) is 4.31 Å². The van der Waals surface area contributed by atoms with Crippen LogP contribution in [0.5, 0.6) is 5.75 Å². The number of anilines is 1. The summed E-state index contributed by atoms with van der Waals surface area (Å²) in [6.07, 6.45) is 3.05. The second kappa shape index (κ2) is 8.60. The Morgan fingerprint density at radius 3 is 2.66 bits per heavy atom. The van der Waals surface area contributed by atoms with E-state index in [1.807, 2.05) is 0 Å². The summed E-state index contributed by atoms with van der Waals surface area (Å²) in [5, 5.41) is 14.2. The molecule has 0 bridgehead atoms. The van der Waals surface area contributed by atoms with Crippen molar-refractivity contribution in [2.45, 2.75) is 24.7 Å². The quantitative estimate of drug-likeness (QED) is 0.411. The summed E-state index contributed by atoms with van der Waals surface area (Å²) in [7, 11) is -3.78. The summed E-state index contributed by atoms with van der Waals surface area (Å²) in [6, 6.07) is 8.66. The number of ether oxygens (including phenoxy) is 1. The van der Waals surface area contributed by atoms with E-state index in [4.69, 9.17) is 4.74 Å². The molecule has 2 N–H and O–H groups in total. The molecule has 1 aliphatic heterocycles. The zero-order valence-electron chi connectivity index (χ0n) is 17.3. The molecule has 3 aromatic rings. The molecule has 0 saturated carbocycles. The number of hydrogen-bond acceptors (Lipinski definition) is 6. The number of carbonyl (C=O) groups excluding carboxylic acids is 1. The molecule has 1 amide bonds. The summed E-state index contributed by atoms with van der Waals surface area (Å²) in [4.78, 5) is 26.4. The van der Waals surface area contributed by atoms with E-state index in [1.54, 1.807) is 13.0 Å². The molecule has 1 saturated heterocycles. The highest BCUT2D eigenvalue weighted by atomic mass is 32.2. The van der Waals surface area contributed by atoms with E-state index >= 15 is 0 Å². The molecule has 1 aliphatic rings. The van der Waals surface area contributed by atoms with Crippen molar-refractivity contribution in [3.63, 3.8) is 0 Å². The fourth-order valence-corrected chi connectivity index (χ4v) is 5.41. The Morgan fingerprint density at radius 2 is 1.97 bits per heavy atom. The molecule has 0 unspecified atom stereocenters. The van der Waals surface area contributed by atoms with Crippen molar-refractivity contribution in [2.75, 3.05) is 25.0 Å². The number of H-pyrrole nitrogens is 1. The normalized spacial score (nSPS) is 14.5. The number of carbonyl (C=O) groups is 1. The predicted molar refractivity (Wildman–Crippen MR) is 119 cm³/mol. The van der Waals surface area contributed by atoms with Gasteiger partial charge in [-0.25, -0.2) is 8.42 Å². The third-order valence-electron chi connectivity index (χ3n) is 5.31. The molecule has 10 nitrogen and oxygen atoms in total. The number of non-ortho nitro benzene ring substituents is 1. The fourth-order valence-electron chi connectivity index (χ4n) is 3.74. The lowest BCUT2D eigenvalue weighted by molar-refractivity contribution is -0.384. The first kappa shape index (κ1) is 21.8. The van der Waals surface area contributed by atoms with Gasteiger partial charge in [-0.3, -0.25) is 14.9 Å². The summed E-state index contributed by atoms with van der Waals surface area (Å²) in [5.74, 6) is -0.300. The van der Waals surface area contributed by atoms with Crippen molar-refractivity contribution in [2.24, 2.45) is 0 Å². The monoisotopic (exact) mass is 458 g/mol. The van der Waals surface area contributed by atoms with Crippen LogP contribution >= 0.6 is 0 Å². The van der Waals surface area contributed by atoms with E-state index < -0.39 is 20.9 Å². The van der Waals surface area contributed by atoms with Crippen molar-refractivity contribution in [3.05, 3.63) is 58.3 Å². The van der Waals surface area contributed by atoms with Crippen molar-refractivity contribution < 1.29 is 22.9 Å². The van der Waals surface area contributed by atoms with Crippen LogP contribution in [-0.4, -0.2) is 48.2 Å². The minimum Gasteiger partial charge on any atom is -0.492 e. The molecule has 168 valence electrons. The number of nitrogens with one attached hydrogen (secondary N) is 2. The summed E-state index contributed by atoms with van der Waals surface area (Å²) < 4.78 is 33.2. The number of aromatic amines is 1. The Balaban J connectivity index is 1.67. The van der Waals surface area contributed by atoms with E-state index in [2.05, 4.69) is 10.3 Å². The average molecular weight is 458 g/mol. The SMILES string of the molecule is CCOc1ccc(NC(=O)c2c[nH]c3ccc([N+](=O)[O-])cc23)cc1S(=O)(=O)N1CCCC1. The molecule has 1 aromatic heterocycles. The van der Waals surface area contributed by atoms with Crippen LogP contribution in [0.3, 0.4) is 0 Å². The van der Waals surface area contributed by atoms with Gasteiger partial charge in [-0.1, -0.05) is 0 Å². The van der Waals surface area contributed by atoms with Gasteiger partial charge in [-0.05, 0) is 44.0 Å². The first-order valence-electron chi connectivity index (χ1n) is 10.1. The molecule has 0 radical (unpaired) electrons. The van der Waals surface area contributed by atoms with Gasteiger partial charge in [0.05, 0.1) is 17.1 Å². The molecular formula is C21H22N4O6S. The number of sulfonamides is 1. The van der Waals surface area contributed by atoms with Crippen LogP contribution in [0.4, 0.5) is 11.4 Å². The van der Waals surface area contributed by atoms with E-state index in [1.165, 1.54) is 40.8 Å². The van der Waals surface area contributed by atoms with Gasteiger partial charge in [0.2, 0.25) is 10.0 Å².